The van der Waals surface area contributed by atoms with Crippen molar-refractivity contribution in [3.63, 3.8) is 0 Å². The molecule has 0 aromatic heterocycles. The van der Waals surface area contributed by atoms with Crippen molar-refractivity contribution in [2.45, 2.75) is 233 Å². The number of aliphatic hydroxyl groups is 2. The molecular formula is C45H83N3O8. The van der Waals surface area contributed by atoms with E-state index in [9.17, 15) is 15.7 Å². The van der Waals surface area contributed by atoms with Gasteiger partial charge in [-0.2, -0.15) is 0 Å². The van der Waals surface area contributed by atoms with Crippen LogP contribution < -0.4 is 0 Å². The molecule has 10 unspecified atom stereocenters. The largest absolute Gasteiger partial charge is 0.392 e. The standard InChI is InChI=1S/C45H83N3O8/c1-11-15-16-17-18-19-20-21-22-23-24-25-26-27-29(5)35(47-48-46)28-51-45-40(50)33(9)42(38(14-4)54-45)56-43-31(7)30(6)41(37(13-3)53-43)55-44-34(10)39(49)32(8)36(12-2)52-44/h26-27,29-45,49-50H,11-25,28H2,1-10H3/b27-26+/t29-,30?,31?,32+,33?,34?,35?,36?,37?,38?,39?,40?,41-,42+,43+,44-,45-/m1/s1. The Hall–Kier alpha value is -1.27. The van der Waals surface area contributed by atoms with Crippen molar-refractivity contribution in [2.24, 2.45) is 40.6 Å². The van der Waals surface area contributed by atoms with Crippen LogP contribution in [0.2, 0.25) is 0 Å². The number of ether oxygens (including phenoxy) is 6. The number of hydrogen-bond donors (Lipinski definition) is 2. The zero-order chi connectivity index (χ0) is 41.2. The molecule has 3 fully saturated rings. The lowest BCUT2D eigenvalue weighted by Crippen LogP contribution is -2.59. The lowest BCUT2D eigenvalue weighted by molar-refractivity contribution is -0.354. The van der Waals surface area contributed by atoms with Gasteiger partial charge in [0.2, 0.25) is 0 Å². The normalized spacial score (nSPS) is 37.7. The fourth-order valence-corrected chi connectivity index (χ4v) is 8.87. The number of azide groups is 1. The average Bonchev–Trinajstić information content (AvgIpc) is 3.19. The molecule has 0 amide bonds. The van der Waals surface area contributed by atoms with Crippen molar-refractivity contribution in [2.75, 3.05) is 6.61 Å². The van der Waals surface area contributed by atoms with Gasteiger partial charge in [-0.1, -0.05) is 151 Å². The molecular weight excluding hydrogens is 711 g/mol. The number of rotatable bonds is 25. The molecule has 0 aliphatic carbocycles. The second-order valence-corrected chi connectivity index (χ2v) is 17.5. The van der Waals surface area contributed by atoms with Gasteiger partial charge in [0.15, 0.2) is 18.9 Å². The third kappa shape index (κ3) is 14.2. The van der Waals surface area contributed by atoms with Crippen molar-refractivity contribution >= 4 is 0 Å². The summed E-state index contributed by atoms with van der Waals surface area (Å²) in [6.07, 6.45) is 17.5. The monoisotopic (exact) mass is 794 g/mol. The van der Waals surface area contributed by atoms with Gasteiger partial charge in [0.05, 0.1) is 49.3 Å². The first kappa shape index (κ1) is 49.1. The van der Waals surface area contributed by atoms with Gasteiger partial charge in [0.1, 0.15) is 6.10 Å². The molecule has 2 N–H and O–H groups in total. The van der Waals surface area contributed by atoms with Crippen LogP contribution in [0.3, 0.4) is 0 Å². The Balaban J connectivity index is 1.49. The molecule has 0 aromatic carbocycles. The summed E-state index contributed by atoms with van der Waals surface area (Å²) in [5.74, 6) is -0.360. The first-order valence-corrected chi connectivity index (χ1v) is 22.9. The molecule has 0 bridgehead atoms. The van der Waals surface area contributed by atoms with Crippen LogP contribution in [0.15, 0.2) is 17.3 Å². The van der Waals surface area contributed by atoms with Crippen LogP contribution in [0.5, 0.6) is 0 Å². The van der Waals surface area contributed by atoms with E-state index in [1.165, 1.54) is 70.6 Å². The summed E-state index contributed by atoms with van der Waals surface area (Å²) in [5.41, 5.74) is 9.34. The second-order valence-electron chi connectivity index (χ2n) is 17.5. The summed E-state index contributed by atoms with van der Waals surface area (Å²) in [6, 6.07) is -0.422. The number of nitrogens with zero attached hydrogens (tertiary/aromatic N) is 3. The fourth-order valence-electron chi connectivity index (χ4n) is 8.87. The highest BCUT2D eigenvalue weighted by Gasteiger charge is 2.50. The number of aliphatic hydroxyl groups excluding tert-OH is 2. The molecule has 3 aliphatic heterocycles. The maximum Gasteiger partial charge on any atom is 0.184 e. The maximum absolute atomic E-state index is 11.5. The SMILES string of the molecule is CCCCCCCCCCCCC/C=C/[C@@H](C)C(CO[C@@H]1OC(CC)[C@@H](O[C@@H]2OC(CC)[C@H](O[C@H]3OC(CC)[C@H](C)C(O)C3C)C(C)C2C)C(C)C1O)N=[N+]=[N-]. The van der Waals surface area contributed by atoms with E-state index in [1.54, 1.807) is 0 Å². The van der Waals surface area contributed by atoms with Gasteiger partial charge < -0.3 is 38.6 Å². The first-order chi connectivity index (χ1) is 26.9. The van der Waals surface area contributed by atoms with E-state index in [0.29, 0.717) is 6.42 Å². The first-order valence-electron chi connectivity index (χ1n) is 22.9. The Morgan fingerprint density at radius 2 is 1.12 bits per heavy atom. The van der Waals surface area contributed by atoms with E-state index in [1.807, 2.05) is 34.6 Å². The molecule has 11 nitrogen and oxygen atoms in total. The number of allylic oxidation sites excluding steroid dienone is 1. The second kappa shape index (κ2) is 26.0. The molecule has 0 radical (unpaired) electrons. The Kier molecular flexibility index (Phi) is 22.8. The minimum Gasteiger partial charge on any atom is -0.392 e. The van der Waals surface area contributed by atoms with Gasteiger partial charge in [-0.3, -0.25) is 0 Å². The molecule has 3 heterocycles. The zero-order valence-corrected chi connectivity index (χ0v) is 37.0. The number of hydrogen-bond acceptors (Lipinski definition) is 9. The molecule has 3 saturated heterocycles. The Bertz CT molecular complexity index is 1130. The Labute approximate surface area is 340 Å². The van der Waals surface area contributed by atoms with E-state index >= 15 is 0 Å². The van der Waals surface area contributed by atoms with Crippen LogP contribution in [0.1, 0.15) is 166 Å². The Morgan fingerprint density at radius 3 is 1.68 bits per heavy atom. The molecule has 3 aliphatic rings. The predicted octanol–water partition coefficient (Wildman–Crippen LogP) is 10.7. The van der Waals surface area contributed by atoms with Crippen LogP contribution >= 0.6 is 0 Å². The lowest BCUT2D eigenvalue weighted by atomic mass is 9.82. The summed E-state index contributed by atoms with van der Waals surface area (Å²) >= 11 is 0. The van der Waals surface area contributed by atoms with Crippen LogP contribution in [-0.2, 0) is 28.4 Å². The number of unbranched alkanes of at least 4 members (excludes halogenated alkanes) is 11. The summed E-state index contributed by atoms with van der Waals surface area (Å²) in [4.78, 5) is 3.11. The molecule has 0 saturated carbocycles. The summed E-state index contributed by atoms with van der Waals surface area (Å²) in [6.45, 7) is 21.0. The maximum atomic E-state index is 11.5. The highest BCUT2D eigenvalue weighted by molar-refractivity contribution is 4.95. The molecule has 17 atom stereocenters. The van der Waals surface area contributed by atoms with Gasteiger partial charge in [-0.15, -0.1) is 0 Å². The van der Waals surface area contributed by atoms with E-state index < -0.39 is 43.2 Å². The van der Waals surface area contributed by atoms with Crippen LogP contribution in [0.25, 0.3) is 10.4 Å². The van der Waals surface area contributed by atoms with E-state index in [2.05, 4.69) is 56.8 Å². The highest BCUT2D eigenvalue weighted by Crippen LogP contribution is 2.41. The van der Waals surface area contributed by atoms with E-state index in [4.69, 9.17) is 28.4 Å². The Morgan fingerprint density at radius 1 is 0.625 bits per heavy atom. The van der Waals surface area contributed by atoms with E-state index in [0.717, 1.165) is 19.3 Å². The minimum atomic E-state index is -0.943. The van der Waals surface area contributed by atoms with Gasteiger partial charge in [-0.05, 0) is 49.5 Å². The molecule has 326 valence electrons. The molecule has 3 rings (SSSR count). The van der Waals surface area contributed by atoms with Gasteiger partial charge in [0, 0.05) is 28.6 Å². The predicted molar refractivity (Wildman–Crippen MR) is 223 cm³/mol. The average molecular weight is 794 g/mol. The van der Waals surface area contributed by atoms with Crippen molar-refractivity contribution in [3.8, 4) is 0 Å². The van der Waals surface area contributed by atoms with Crippen molar-refractivity contribution in [1.29, 1.82) is 0 Å². The van der Waals surface area contributed by atoms with Gasteiger partial charge in [-0.25, -0.2) is 0 Å². The van der Waals surface area contributed by atoms with Crippen LogP contribution in [0.4, 0.5) is 0 Å². The quantitative estimate of drug-likeness (QED) is 0.0305. The van der Waals surface area contributed by atoms with Gasteiger partial charge >= 0.3 is 0 Å². The summed E-state index contributed by atoms with van der Waals surface area (Å²) < 4.78 is 39.0. The summed E-state index contributed by atoms with van der Waals surface area (Å²) in [7, 11) is 0. The minimum absolute atomic E-state index is 0.0163. The highest BCUT2D eigenvalue weighted by atomic mass is 16.7. The molecule has 0 aromatic rings. The fraction of sp³-hybridized carbons (Fsp3) is 0.956. The lowest BCUT2D eigenvalue weighted by Gasteiger charge is -2.50. The van der Waals surface area contributed by atoms with Crippen molar-refractivity contribution in [3.05, 3.63) is 22.6 Å². The topological polar surface area (TPSA) is 145 Å². The van der Waals surface area contributed by atoms with Crippen LogP contribution in [-0.4, -0.2) is 84.5 Å². The third-order valence-corrected chi connectivity index (χ3v) is 13.3. The van der Waals surface area contributed by atoms with Gasteiger partial charge in [0.25, 0.3) is 0 Å². The molecule has 56 heavy (non-hydrogen) atoms. The van der Waals surface area contributed by atoms with Crippen LogP contribution in [0, 0.1) is 35.5 Å². The third-order valence-electron chi connectivity index (χ3n) is 13.3. The smallest absolute Gasteiger partial charge is 0.184 e. The molecule has 11 heteroatoms. The summed E-state index contributed by atoms with van der Waals surface area (Å²) in [5, 5.41) is 26.5. The zero-order valence-electron chi connectivity index (χ0n) is 37.0. The molecule has 0 spiro atoms. The van der Waals surface area contributed by atoms with Crippen molar-refractivity contribution in [1.82, 2.24) is 0 Å². The van der Waals surface area contributed by atoms with Crippen molar-refractivity contribution < 1.29 is 38.6 Å². The van der Waals surface area contributed by atoms with E-state index in [-0.39, 0.29) is 66.5 Å².